The number of ether oxygens (including phenoxy) is 1. The Kier molecular flexibility index (Phi) is 3.56. The van der Waals surface area contributed by atoms with E-state index in [9.17, 15) is 4.79 Å². The van der Waals surface area contributed by atoms with Crippen molar-refractivity contribution >= 4 is 5.78 Å². The summed E-state index contributed by atoms with van der Waals surface area (Å²) in [6.07, 6.45) is 9.55. The molecule has 1 fully saturated rings. The Morgan fingerprint density at radius 1 is 1.38 bits per heavy atom. The lowest BCUT2D eigenvalue weighted by Gasteiger charge is -2.43. The second kappa shape index (κ2) is 4.93. The van der Waals surface area contributed by atoms with E-state index in [0.29, 0.717) is 12.2 Å². The van der Waals surface area contributed by atoms with Gasteiger partial charge in [0.2, 0.25) is 0 Å². The lowest BCUT2D eigenvalue weighted by molar-refractivity contribution is -0.130. The van der Waals surface area contributed by atoms with E-state index >= 15 is 0 Å². The first kappa shape index (κ1) is 11.6. The predicted octanol–water partition coefficient (Wildman–Crippen LogP) is 1.55. The predicted molar refractivity (Wildman–Crippen MR) is 63.3 cm³/mol. The Morgan fingerprint density at radius 2 is 2.12 bits per heavy atom. The minimum absolute atomic E-state index is 0.315. The molecule has 2 aliphatic rings. The van der Waals surface area contributed by atoms with Gasteiger partial charge in [0.15, 0.2) is 5.78 Å². The molecule has 3 nitrogen and oxygen atoms in total. The summed E-state index contributed by atoms with van der Waals surface area (Å²) in [5.74, 6) is 0.315. The first-order valence-electron chi connectivity index (χ1n) is 6.00. The second-order valence-corrected chi connectivity index (χ2v) is 4.29. The summed E-state index contributed by atoms with van der Waals surface area (Å²) in [6, 6.07) is 0. The summed E-state index contributed by atoms with van der Waals surface area (Å²) in [5, 5.41) is 0. The Morgan fingerprint density at radius 3 is 2.69 bits per heavy atom. The number of allylic oxidation sites excluding steroid dienone is 2. The Hall–Kier alpha value is -0.930. The molecule has 2 rings (SSSR count). The highest BCUT2D eigenvalue weighted by molar-refractivity contribution is 5.91. The number of ketones is 1. The standard InChI is InChI=1S/C13H19NO2/c1-2-12(15)13(6-4-3-5-7-13)14-8-10-16-11-9-14/h3-6H,2,7-11H2,1H3. The van der Waals surface area contributed by atoms with Crippen molar-refractivity contribution in [1.29, 1.82) is 0 Å². The topological polar surface area (TPSA) is 29.5 Å². The van der Waals surface area contributed by atoms with Crippen LogP contribution >= 0.6 is 0 Å². The Balaban J connectivity index is 2.22. The molecule has 0 aromatic rings. The lowest BCUT2D eigenvalue weighted by atomic mass is 9.83. The molecule has 0 bridgehead atoms. The molecule has 0 aromatic carbocycles. The summed E-state index contributed by atoms with van der Waals surface area (Å²) in [5.41, 5.74) is -0.396. The molecule has 1 aliphatic heterocycles. The van der Waals surface area contributed by atoms with Gasteiger partial charge in [0, 0.05) is 19.5 Å². The molecule has 1 unspecified atom stereocenters. The quantitative estimate of drug-likeness (QED) is 0.724. The van der Waals surface area contributed by atoms with Crippen molar-refractivity contribution in [2.45, 2.75) is 25.3 Å². The average molecular weight is 221 g/mol. The van der Waals surface area contributed by atoms with Crippen molar-refractivity contribution in [2.75, 3.05) is 26.3 Å². The average Bonchev–Trinajstić information content (AvgIpc) is 2.39. The number of hydrogen-bond acceptors (Lipinski definition) is 3. The van der Waals surface area contributed by atoms with Gasteiger partial charge in [-0.25, -0.2) is 0 Å². The van der Waals surface area contributed by atoms with Gasteiger partial charge in [-0.3, -0.25) is 9.69 Å². The Labute approximate surface area is 96.8 Å². The van der Waals surface area contributed by atoms with Crippen molar-refractivity contribution in [1.82, 2.24) is 4.90 Å². The number of Topliss-reactive ketones (excluding diaryl/α,β-unsaturated/α-hetero) is 1. The second-order valence-electron chi connectivity index (χ2n) is 4.29. The molecule has 0 radical (unpaired) electrons. The van der Waals surface area contributed by atoms with Gasteiger partial charge in [0.25, 0.3) is 0 Å². The molecule has 0 aromatic heterocycles. The number of rotatable bonds is 3. The SMILES string of the molecule is CCC(=O)C1(N2CCOCC2)C=CC=CC1. The summed E-state index contributed by atoms with van der Waals surface area (Å²) in [4.78, 5) is 14.5. The van der Waals surface area contributed by atoms with Gasteiger partial charge >= 0.3 is 0 Å². The minimum atomic E-state index is -0.396. The van der Waals surface area contributed by atoms with E-state index in [1.807, 2.05) is 19.1 Å². The zero-order chi connectivity index (χ0) is 11.4. The van der Waals surface area contributed by atoms with E-state index in [2.05, 4.69) is 17.1 Å². The molecule has 88 valence electrons. The third-order valence-electron chi connectivity index (χ3n) is 3.43. The maximum atomic E-state index is 12.2. The van der Waals surface area contributed by atoms with E-state index in [4.69, 9.17) is 4.74 Å². The highest BCUT2D eigenvalue weighted by Crippen LogP contribution is 2.28. The summed E-state index contributed by atoms with van der Waals surface area (Å²) in [7, 11) is 0. The van der Waals surface area contributed by atoms with Crippen LogP contribution in [0, 0.1) is 0 Å². The van der Waals surface area contributed by atoms with Crippen molar-refractivity contribution in [3.8, 4) is 0 Å². The first-order valence-corrected chi connectivity index (χ1v) is 6.00. The molecular weight excluding hydrogens is 202 g/mol. The molecule has 1 aliphatic carbocycles. The van der Waals surface area contributed by atoms with Gasteiger partial charge in [-0.05, 0) is 6.42 Å². The van der Waals surface area contributed by atoms with Crippen LogP contribution in [0.2, 0.25) is 0 Å². The summed E-state index contributed by atoms with van der Waals surface area (Å²) >= 11 is 0. The molecule has 0 N–H and O–H groups in total. The highest BCUT2D eigenvalue weighted by Gasteiger charge is 2.40. The number of carbonyl (C=O) groups excluding carboxylic acids is 1. The van der Waals surface area contributed by atoms with Crippen LogP contribution in [0.5, 0.6) is 0 Å². The van der Waals surface area contributed by atoms with Gasteiger partial charge in [-0.1, -0.05) is 31.2 Å². The third kappa shape index (κ3) is 1.97. The molecule has 3 heteroatoms. The van der Waals surface area contributed by atoms with Gasteiger partial charge in [-0.2, -0.15) is 0 Å². The fourth-order valence-electron chi connectivity index (χ4n) is 2.50. The van der Waals surface area contributed by atoms with Gasteiger partial charge in [-0.15, -0.1) is 0 Å². The number of hydrogen-bond donors (Lipinski definition) is 0. The zero-order valence-electron chi connectivity index (χ0n) is 9.82. The van der Waals surface area contributed by atoms with E-state index < -0.39 is 5.54 Å². The summed E-state index contributed by atoms with van der Waals surface area (Å²) in [6.45, 7) is 5.11. The van der Waals surface area contributed by atoms with Crippen LogP contribution < -0.4 is 0 Å². The van der Waals surface area contributed by atoms with Crippen LogP contribution in [0.25, 0.3) is 0 Å². The molecule has 1 atom stereocenters. The van der Waals surface area contributed by atoms with Crippen molar-refractivity contribution in [3.05, 3.63) is 24.3 Å². The summed E-state index contributed by atoms with van der Waals surface area (Å²) < 4.78 is 5.35. The van der Waals surface area contributed by atoms with Crippen molar-refractivity contribution in [2.24, 2.45) is 0 Å². The molecule has 16 heavy (non-hydrogen) atoms. The van der Waals surface area contributed by atoms with Crippen LogP contribution in [-0.2, 0) is 9.53 Å². The van der Waals surface area contributed by atoms with E-state index in [-0.39, 0.29) is 0 Å². The molecular formula is C13H19NO2. The fraction of sp³-hybridized carbons (Fsp3) is 0.615. The monoisotopic (exact) mass is 221 g/mol. The lowest BCUT2D eigenvalue weighted by Crippen LogP contribution is -2.57. The zero-order valence-corrected chi connectivity index (χ0v) is 9.82. The number of carbonyl (C=O) groups is 1. The number of nitrogens with zero attached hydrogens (tertiary/aromatic N) is 1. The van der Waals surface area contributed by atoms with Gasteiger partial charge in [0.05, 0.1) is 13.2 Å². The highest BCUT2D eigenvalue weighted by atomic mass is 16.5. The Bertz CT molecular complexity index is 316. The van der Waals surface area contributed by atoms with Crippen LogP contribution in [0.3, 0.4) is 0 Å². The number of morpholine rings is 1. The van der Waals surface area contributed by atoms with Crippen LogP contribution in [0.1, 0.15) is 19.8 Å². The molecule has 1 heterocycles. The van der Waals surface area contributed by atoms with Crippen LogP contribution in [0.4, 0.5) is 0 Å². The van der Waals surface area contributed by atoms with Crippen LogP contribution in [-0.4, -0.2) is 42.5 Å². The van der Waals surface area contributed by atoms with Gasteiger partial charge in [0.1, 0.15) is 5.54 Å². The van der Waals surface area contributed by atoms with E-state index in [0.717, 1.165) is 32.7 Å². The minimum Gasteiger partial charge on any atom is -0.379 e. The fourth-order valence-corrected chi connectivity index (χ4v) is 2.50. The molecule has 1 saturated heterocycles. The molecule has 0 saturated carbocycles. The van der Waals surface area contributed by atoms with Crippen molar-refractivity contribution < 1.29 is 9.53 Å². The van der Waals surface area contributed by atoms with E-state index in [1.165, 1.54) is 0 Å². The molecule has 0 amide bonds. The smallest absolute Gasteiger partial charge is 0.157 e. The van der Waals surface area contributed by atoms with E-state index in [1.54, 1.807) is 0 Å². The molecule has 0 spiro atoms. The van der Waals surface area contributed by atoms with Gasteiger partial charge < -0.3 is 4.74 Å². The third-order valence-corrected chi connectivity index (χ3v) is 3.43. The maximum absolute atomic E-state index is 12.2. The first-order chi connectivity index (χ1) is 7.79. The van der Waals surface area contributed by atoms with Crippen LogP contribution in [0.15, 0.2) is 24.3 Å². The normalized spacial score (nSPS) is 30.6. The largest absolute Gasteiger partial charge is 0.379 e. The maximum Gasteiger partial charge on any atom is 0.157 e. The van der Waals surface area contributed by atoms with Crippen molar-refractivity contribution in [3.63, 3.8) is 0 Å².